The molecule has 142 valence electrons. The van der Waals surface area contributed by atoms with Gasteiger partial charge in [0.25, 0.3) is 0 Å². The minimum atomic E-state index is -0.372. The number of thioether (sulfide) groups is 1. The predicted octanol–water partition coefficient (Wildman–Crippen LogP) is 3.73. The van der Waals surface area contributed by atoms with Crippen LogP contribution in [0.4, 0.5) is 10.1 Å². The fourth-order valence-corrected chi connectivity index (χ4v) is 2.16. The zero-order chi connectivity index (χ0) is 18.5. The lowest BCUT2D eigenvalue weighted by Gasteiger charge is -2.12. The van der Waals surface area contributed by atoms with E-state index in [1.165, 1.54) is 17.8 Å². The molecule has 0 aliphatic heterocycles. The minimum absolute atomic E-state index is 0.0262. The number of carbonyl (C=O) groups excluding carboxylic acids is 1. The van der Waals surface area contributed by atoms with Gasteiger partial charge in [-0.1, -0.05) is 11.8 Å². The maximum Gasteiger partial charge on any atom is 0.214 e. The molecular formula is C18H28FNO4S. The maximum atomic E-state index is 13.9. The van der Waals surface area contributed by atoms with Gasteiger partial charge in [-0.05, 0) is 38.7 Å². The molecule has 7 heteroatoms. The number of rotatable bonds is 13. The molecule has 1 rings (SSSR count). The van der Waals surface area contributed by atoms with Gasteiger partial charge in [0.2, 0.25) is 5.12 Å². The largest absolute Gasteiger partial charge is 0.490 e. The summed E-state index contributed by atoms with van der Waals surface area (Å²) < 4.78 is 30.0. The molecule has 0 bridgehead atoms. The fourth-order valence-electron chi connectivity index (χ4n) is 1.96. The SMILES string of the molecule is CSC(=O)COCCCOCCCOc1ccc(NC(C)C)cc1F. The summed E-state index contributed by atoms with van der Waals surface area (Å²) in [6.45, 7) is 6.15. The van der Waals surface area contributed by atoms with Crippen LogP contribution in [-0.2, 0) is 14.3 Å². The zero-order valence-corrected chi connectivity index (χ0v) is 16.0. The summed E-state index contributed by atoms with van der Waals surface area (Å²) in [4.78, 5) is 11.0. The van der Waals surface area contributed by atoms with Crippen molar-refractivity contribution in [1.29, 1.82) is 0 Å². The topological polar surface area (TPSA) is 56.8 Å². The Morgan fingerprint density at radius 3 is 2.48 bits per heavy atom. The first-order valence-corrected chi connectivity index (χ1v) is 9.66. The molecule has 5 nitrogen and oxygen atoms in total. The highest BCUT2D eigenvalue weighted by atomic mass is 32.2. The summed E-state index contributed by atoms with van der Waals surface area (Å²) >= 11 is 1.17. The van der Waals surface area contributed by atoms with Gasteiger partial charge in [0.15, 0.2) is 11.6 Å². The first-order valence-electron chi connectivity index (χ1n) is 8.44. The predicted molar refractivity (Wildman–Crippen MR) is 100 cm³/mol. The van der Waals surface area contributed by atoms with E-state index in [0.29, 0.717) is 32.8 Å². The summed E-state index contributed by atoms with van der Waals surface area (Å²) in [5, 5.41) is 3.17. The van der Waals surface area contributed by atoms with E-state index in [-0.39, 0.29) is 29.3 Å². The summed E-state index contributed by atoms with van der Waals surface area (Å²) in [6, 6.07) is 5.12. The Bertz CT molecular complexity index is 514. The maximum absolute atomic E-state index is 13.9. The molecule has 25 heavy (non-hydrogen) atoms. The van der Waals surface area contributed by atoms with Crippen molar-refractivity contribution < 1.29 is 23.4 Å². The molecule has 0 atom stereocenters. The third-order valence-electron chi connectivity index (χ3n) is 3.10. The Morgan fingerprint density at radius 1 is 1.16 bits per heavy atom. The minimum Gasteiger partial charge on any atom is -0.490 e. The van der Waals surface area contributed by atoms with Gasteiger partial charge in [0, 0.05) is 44.0 Å². The first kappa shape index (κ1) is 21.7. The Labute approximate surface area is 153 Å². The van der Waals surface area contributed by atoms with E-state index < -0.39 is 0 Å². The van der Waals surface area contributed by atoms with Crippen molar-refractivity contribution in [1.82, 2.24) is 0 Å². The van der Waals surface area contributed by atoms with Crippen LogP contribution in [0.1, 0.15) is 26.7 Å². The molecule has 0 saturated carbocycles. The van der Waals surface area contributed by atoms with E-state index >= 15 is 0 Å². The molecule has 0 spiro atoms. The van der Waals surface area contributed by atoms with Crippen LogP contribution in [0.5, 0.6) is 5.75 Å². The normalized spacial score (nSPS) is 10.9. The van der Waals surface area contributed by atoms with Crippen LogP contribution in [0.25, 0.3) is 0 Å². The number of hydrogen-bond donors (Lipinski definition) is 1. The van der Waals surface area contributed by atoms with Crippen molar-refractivity contribution in [2.24, 2.45) is 0 Å². The number of ether oxygens (including phenoxy) is 3. The highest BCUT2D eigenvalue weighted by Crippen LogP contribution is 2.21. The van der Waals surface area contributed by atoms with Gasteiger partial charge < -0.3 is 19.5 Å². The molecule has 0 aliphatic carbocycles. The van der Waals surface area contributed by atoms with Gasteiger partial charge in [-0.25, -0.2) is 4.39 Å². The highest BCUT2D eigenvalue weighted by Gasteiger charge is 2.05. The van der Waals surface area contributed by atoms with Gasteiger partial charge in [-0.2, -0.15) is 0 Å². The van der Waals surface area contributed by atoms with Crippen LogP contribution < -0.4 is 10.1 Å². The second kappa shape index (κ2) is 13.0. The van der Waals surface area contributed by atoms with Crippen LogP contribution in [0.2, 0.25) is 0 Å². The number of halogens is 1. The summed E-state index contributed by atoms with van der Waals surface area (Å²) in [5.41, 5.74) is 0.740. The Balaban J connectivity index is 2.05. The standard InChI is InChI=1S/C18H28FNO4S/c1-14(2)20-15-6-7-17(16(19)12-15)24-11-5-9-22-8-4-10-23-13-18(21)25-3/h6-7,12,14,20H,4-5,8-11,13H2,1-3H3. The van der Waals surface area contributed by atoms with Crippen molar-refractivity contribution in [3.8, 4) is 5.75 Å². The van der Waals surface area contributed by atoms with Gasteiger partial charge in [0.05, 0.1) is 6.61 Å². The zero-order valence-electron chi connectivity index (χ0n) is 15.2. The monoisotopic (exact) mass is 373 g/mol. The van der Waals surface area contributed by atoms with Gasteiger partial charge in [0.1, 0.15) is 6.61 Å². The van der Waals surface area contributed by atoms with Crippen LogP contribution >= 0.6 is 11.8 Å². The first-order chi connectivity index (χ1) is 12.0. The molecular weight excluding hydrogens is 345 g/mol. The van der Waals surface area contributed by atoms with E-state index in [9.17, 15) is 9.18 Å². The average Bonchev–Trinajstić information content (AvgIpc) is 2.57. The molecule has 0 aliphatic rings. The van der Waals surface area contributed by atoms with Crippen LogP contribution in [0, 0.1) is 5.82 Å². The molecule has 0 unspecified atom stereocenters. The average molecular weight is 373 g/mol. The number of hydrogen-bond acceptors (Lipinski definition) is 6. The molecule has 0 aromatic heterocycles. The third-order valence-corrected chi connectivity index (χ3v) is 3.68. The summed E-state index contributed by atoms with van der Waals surface area (Å²) in [7, 11) is 0. The van der Waals surface area contributed by atoms with E-state index in [0.717, 1.165) is 12.1 Å². The molecule has 1 aromatic carbocycles. The molecule has 0 fully saturated rings. The lowest BCUT2D eigenvalue weighted by molar-refractivity contribution is -0.115. The second-order valence-electron chi connectivity index (χ2n) is 5.74. The molecule has 1 aromatic rings. The van der Waals surface area contributed by atoms with Crippen molar-refractivity contribution >= 4 is 22.6 Å². The van der Waals surface area contributed by atoms with Crippen molar-refractivity contribution in [3.05, 3.63) is 24.0 Å². The molecule has 0 saturated heterocycles. The molecule has 0 heterocycles. The lowest BCUT2D eigenvalue weighted by Crippen LogP contribution is -2.10. The lowest BCUT2D eigenvalue weighted by atomic mass is 10.2. The van der Waals surface area contributed by atoms with Crippen molar-refractivity contribution in [2.45, 2.75) is 32.7 Å². The van der Waals surface area contributed by atoms with Crippen molar-refractivity contribution in [2.75, 3.05) is 44.6 Å². The van der Waals surface area contributed by atoms with E-state index in [1.54, 1.807) is 18.4 Å². The van der Waals surface area contributed by atoms with Crippen molar-refractivity contribution in [3.63, 3.8) is 0 Å². The fraction of sp³-hybridized carbons (Fsp3) is 0.611. The highest BCUT2D eigenvalue weighted by molar-refractivity contribution is 8.13. The Kier molecular flexibility index (Phi) is 11.3. The van der Waals surface area contributed by atoms with E-state index in [4.69, 9.17) is 14.2 Å². The Morgan fingerprint density at radius 2 is 1.84 bits per heavy atom. The number of carbonyl (C=O) groups is 1. The molecule has 0 amide bonds. The quantitative estimate of drug-likeness (QED) is 0.532. The number of anilines is 1. The second-order valence-corrected chi connectivity index (χ2v) is 6.60. The van der Waals surface area contributed by atoms with Gasteiger partial charge in [-0.15, -0.1) is 0 Å². The number of nitrogens with one attached hydrogen (secondary N) is 1. The summed E-state index contributed by atoms with van der Waals surface area (Å²) in [6.07, 6.45) is 3.15. The molecule has 0 radical (unpaired) electrons. The molecule has 1 N–H and O–H groups in total. The Hall–Kier alpha value is -1.31. The smallest absolute Gasteiger partial charge is 0.214 e. The van der Waals surface area contributed by atoms with E-state index in [2.05, 4.69) is 5.32 Å². The van der Waals surface area contributed by atoms with E-state index in [1.807, 2.05) is 13.8 Å². The van der Waals surface area contributed by atoms with Gasteiger partial charge in [-0.3, -0.25) is 4.79 Å². The van der Waals surface area contributed by atoms with Crippen LogP contribution in [0.15, 0.2) is 18.2 Å². The van der Waals surface area contributed by atoms with Crippen LogP contribution in [-0.4, -0.2) is 50.4 Å². The van der Waals surface area contributed by atoms with Crippen LogP contribution in [0.3, 0.4) is 0 Å². The summed E-state index contributed by atoms with van der Waals surface area (Å²) in [5.74, 6) is -0.121. The number of benzene rings is 1. The third kappa shape index (κ3) is 10.3. The van der Waals surface area contributed by atoms with Gasteiger partial charge >= 0.3 is 0 Å².